The molecule has 0 fully saturated rings. The van der Waals surface area contributed by atoms with Crippen LogP contribution in [-0.2, 0) is 14.3 Å². The molecule has 0 bridgehead atoms. The van der Waals surface area contributed by atoms with Gasteiger partial charge in [0.1, 0.15) is 0 Å². The molecule has 0 radical (unpaired) electrons. The number of carbonyl (C=O) groups is 2. The molecule has 0 aliphatic carbocycles. The Morgan fingerprint density at radius 1 is 1.33 bits per heavy atom. The third kappa shape index (κ3) is 4.31. The van der Waals surface area contributed by atoms with Crippen LogP contribution in [0.3, 0.4) is 0 Å². The quantitative estimate of drug-likeness (QED) is 0.532. The first-order chi connectivity index (χ1) is 6.84. The molecule has 1 unspecified atom stereocenters. The molecule has 0 saturated heterocycles. The molecule has 0 aromatic carbocycles. The van der Waals surface area contributed by atoms with Gasteiger partial charge >= 0.3 is 12.1 Å². The number of methoxy groups -OCH3 is 1. The van der Waals surface area contributed by atoms with Gasteiger partial charge in [-0.2, -0.15) is 13.2 Å². The number of unbranched alkanes of at least 4 members (excludes halogenated alkanes) is 1. The molecular weight excluding hydrogens is 213 g/mol. The SMILES string of the molecule is CCCCC(=O)C(C(=O)OC)C(F)(F)F. The maximum atomic E-state index is 12.3. The van der Waals surface area contributed by atoms with Crippen molar-refractivity contribution < 1.29 is 27.5 Å². The highest BCUT2D eigenvalue weighted by Crippen LogP contribution is 2.29. The molecular formula is C9H13F3O3. The Morgan fingerprint density at radius 3 is 2.20 bits per heavy atom. The van der Waals surface area contributed by atoms with E-state index in [0.717, 1.165) is 7.11 Å². The van der Waals surface area contributed by atoms with Gasteiger partial charge in [-0.15, -0.1) is 0 Å². The molecule has 3 nitrogen and oxygen atoms in total. The number of carbonyl (C=O) groups excluding carboxylic acids is 2. The van der Waals surface area contributed by atoms with Gasteiger partial charge in [0, 0.05) is 6.42 Å². The van der Waals surface area contributed by atoms with Crippen molar-refractivity contribution in [2.45, 2.75) is 32.4 Å². The largest absolute Gasteiger partial charge is 0.468 e. The molecule has 0 saturated carbocycles. The van der Waals surface area contributed by atoms with E-state index in [-0.39, 0.29) is 6.42 Å². The third-order valence-electron chi connectivity index (χ3n) is 1.86. The van der Waals surface area contributed by atoms with Gasteiger partial charge in [-0.1, -0.05) is 13.3 Å². The lowest BCUT2D eigenvalue weighted by Gasteiger charge is -2.16. The maximum absolute atomic E-state index is 12.3. The molecule has 88 valence electrons. The van der Waals surface area contributed by atoms with Crippen molar-refractivity contribution in [3.05, 3.63) is 0 Å². The van der Waals surface area contributed by atoms with Gasteiger partial charge in [-0.3, -0.25) is 9.59 Å². The first-order valence-electron chi connectivity index (χ1n) is 4.51. The topological polar surface area (TPSA) is 43.4 Å². The molecule has 6 heteroatoms. The third-order valence-corrected chi connectivity index (χ3v) is 1.86. The number of ketones is 1. The summed E-state index contributed by atoms with van der Waals surface area (Å²) in [6.07, 6.45) is -4.19. The van der Waals surface area contributed by atoms with E-state index < -0.39 is 23.8 Å². The minimum absolute atomic E-state index is 0.254. The van der Waals surface area contributed by atoms with Crippen molar-refractivity contribution >= 4 is 11.8 Å². The normalized spacial score (nSPS) is 13.4. The van der Waals surface area contributed by atoms with Gasteiger partial charge < -0.3 is 4.74 Å². The first kappa shape index (κ1) is 13.9. The van der Waals surface area contributed by atoms with E-state index >= 15 is 0 Å². The van der Waals surface area contributed by atoms with Crippen LogP contribution in [0.2, 0.25) is 0 Å². The predicted molar refractivity (Wildman–Crippen MR) is 46.1 cm³/mol. The number of hydrogen-bond donors (Lipinski definition) is 0. The highest BCUT2D eigenvalue weighted by molar-refractivity contribution is 5.99. The number of alkyl halides is 3. The van der Waals surface area contributed by atoms with E-state index in [1.807, 2.05) is 0 Å². The van der Waals surface area contributed by atoms with Crippen molar-refractivity contribution in [1.82, 2.24) is 0 Å². The second-order valence-corrected chi connectivity index (χ2v) is 3.07. The molecule has 0 N–H and O–H groups in total. The summed E-state index contributed by atoms with van der Waals surface area (Å²) in [6, 6.07) is 0. The van der Waals surface area contributed by atoms with Crippen LogP contribution in [0.1, 0.15) is 26.2 Å². The zero-order valence-corrected chi connectivity index (χ0v) is 8.56. The van der Waals surface area contributed by atoms with E-state index in [1.165, 1.54) is 0 Å². The number of ether oxygens (including phenoxy) is 1. The fourth-order valence-electron chi connectivity index (χ4n) is 1.06. The summed E-state index contributed by atoms with van der Waals surface area (Å²) < 4.78 is 40.9. The minimum Gasteiger partial charge on any atom is -0.468 e. The van der Waals surface area contributed by atoms with Crippen molar-refractivity contribution in [1.29, 1.82) is 0 Å². The van der Waals surface area contributed by atoms with Crippen LogP contribution in [0.5, 0.6) is 0 Å². The Kier molecular flexibility index (Phi) is 5.32. The fourth-order valence-corrected chi connectivity index (χ4v) is 1.06. The van der Waals surface area contributed by atoms with Crippen LogP contribution < -0.4 is 0 Å². The van der Waals surface area contributed by atoms with E-state index in [2.05, 4.69) is 4.74 Å². The average Bonchev–Trinajstić information content (AvgIpc) is 2.12. The van der Waals surface area contributed by atoms with Gasteiger partial charge in [0.15, 0.2) is 5.78 Å². The smallest absolute Gasteiger partial charge is 0.409 e. The Morgan fingerprint density at radius 2 is 1.87 bits per heavy atom. The molecule has 0 aliphatic rings. The molecule has 0 aliphatic heterocycles. The van der Waals surface area contributed by atoms with Crippen LogP contribution in [0.4, 0.5) is 13.2 Å². The van der Waals surface area contributed by atoms with Crippen LogP contribution in [0.15, 0.2) is 0 Å². The van der Waals surface area contributed by atoms with Crippen LogP contribution >= 0.6 is 0 Å². The van der Waals surface area contributed by atoms with Crippen molar-refractivity contribution in [3.63, 3.8) is 0 Å². The van der Waals surface area contributed by atoms with Crippen molar-refractivity contribution in [2.24, 2.45) is 5.92 Å². The van der Waals surface area contributed by atoms with Gasteiger partial charge in [-0.25, -0.2) is 0 Å². The Labute approximate surface area is 85.6 Å². The van der Waals surface area contributed by atoms with Crippen molar-refractivity contribution in [3.8, 4) is 0 Å². The fraction of sp³-hybridized carbons (Fsp3) is 0.778. The number of Topliss-reactive ketones (excluding diaryl/α,β-unsaturated/α-hetero) is 1. The summed E-state index contributed by atoms with van der Waals surface area (Å²) in [5, 5.41) is 0. The second kappa shape index (κ2) is 5.72. The molecule has 0 rings (SSSR count). The number of esters is 1. The number of hydrogen-bond acceptors (Lipinski definition) is 3. The van der Waals surface area contributed by atoms with Crippen molar-refractivity contribution in [2.75, 3.05) is 7.11 Å². The maximum Gasteiger partial charge on any atom is 0.409 e. The Hall–Kier alpha value is -1.07. The molecule has 0 aromatic heterocycles. The average molecular weight is 226 g/mol. The molecule has 0 aromatic rings. The summed E-state index contributed by atoms with van der Waals surface area (Å²) in [6.45, 7) is 1.74. The summed E-state index contributed by atoms with van der Waals surface area (Å²) in [5.74, 6) is -5.30. The van der Waals surface area contributed by atoms with Gasteiger partial charge in [0.25, 0.3) is 0 Å². The molecule has 0 amide bonds. The first-order valence-corrected chi connectivity index (χ1v) is 4.51. The van der Waals surface area contributed by atoms with Crippen LogP contribution in [-0.4, -0.2) is 25.0 Å². The van der Waals surface area contributed by atoms with E-state index in [9.17, 15) is 22.8 Å². The Bertz CT molecular complexity index is 235. The second-order valence-electron chi connectivity index (χ2n) is 3.07. The Balaban J connectivity index is 4.64. The lowest BCUT2D eigenvalue weighted by molar-refractivity contribution is -0.196. The van der Waals surface area contributed by atoms with Crippen LogP contribution in [0.25, 0.3) is 0 Å². The standard InChI is InChI=1S/C9H13F3O3/c1-3-4-5-6(13)7(8(14)15-2)9(10,11)12/h7H,3-5H2,1-2H3. The monoisotopic (exact) mass is 226 g/mol. The van der Waals surface area contributed by atoms with Gasteiger partial charge in [-0.05, 0) is 6.42 Å². The molecule has 15 heavy (non-hydrogen) atoms. The zero-order valence-electron chi connectivity index (χ0n) is 8.56. The lowest BCUT2D eigenvalue weighted by Crippen LogP contribution is -2.38. The predicted octanol–water partition coefficient (Wildman–Crippen LogP) is 2.10. The summed E-state index contributed by atoms with van der Waals surface area (Å²) in [4.78, 5) is 21.9. The molecule has 0 heterocycles. The molecule has 1 atom stereocenters. The van der Waals surface area contributed by atoms with E-state index in [1.54, 1.807) is 6.92 Å². The number of rotatable bonds is 5. The summed E-state index contributed by atoms with van der Waals surface area (Å²) in [5.41, 5.74) is 0. The zero-order chi connectivity index (χ0) is 12.1. The van der Waals surface area contributed by atoms with Gasteiger partial charge in [0.2, 0.25) is 5.92 Å². The lowest BCUT2D eigenvalue weighted by atomic mass is 9.99. The molecule has 0 spiro atoms. The van der Waals surface area contributed by atoms with E-state index in [4.69, 9.17) is 0 Å². The summed E-state index contributed by atoms with van der Waals surface area (Å²) in [7, 11) is 0.828. The summed E-state index contributed by atoms with van der Waals surface area (Å²) >= 11 is 0. The van der Waals surface area contributed by atoms with E-state index in [0.29, 0.717) is 12.8 Å². The minimum atomic E-state index is -4.86. The highest BCUT2D eigenvalue weighted by Gasteiger charge is 2.50. The van der Waals surface area contributed by atoms with Crippen LogP contribution in [0, 0.1) is 5.92 Å². The number of halogens is 3. The highest BCUT2D eigenvalue weighted by atomic mass is 19.4. The van der Waals surface area contributed by atoms with Gasteiger partial charge in [0.05, 0.1) is 7.11 Å².